The van der Waals surface area contributed by atoms with Crippen LogP contribution < -0.4 is 0 Å². The van der Waals surface area contributed by atoms with Gasteiger partial charge in [-0.1, -0.05) is 250 Å². The smallest absolute Gasteiger partial charge is 0.0547 e. The van der Waals surface area contributed by atoms with E-state index in [1.54, 1.807) is 0 Å². The van der Waals surface area contributed by atoms with Crippen LogP contribution in [0.5, 0.6) is 0 Å². The lowest BCUT2D eigenvalue weighted by molar-refractivity contribution is 0.613. The number of hydrogen-bond acceptors (Lipinski definition) is 1. The van der Waals surface area contributed by atoms with Crippen molar-refractivity contribution < 1.29 is 0 Å². The minimum atomic E-state index is 0.180. The average Bonchev–Trinajstić information content (AvgIpc) is 3.87. The van der Waals surface area contributed by atoms with Crippen LogP contribution >= 0.6 is 0 Å². The van der Waals surface area contributed by atoms with Crippen molar-refractivity contribution in [2.75, 3.05) is 0 Å². The molecule has 0 saturated carbocycles. The van der Waals surface area contributed by atoms with Gasteiger partial charge >= 0.3 is 0 Å². The maximum absolute atomic E-state index is 4.69. The number of para-hydroxylation sites is 1. The standard InChI is InChI=1S/C78H74N2/c1-8-11-12-13-14-15-18-30-58(4)62-45-47-63(48-46-62)59(5)44-54-70(10-3)79(56-28-37-64(29-9-2)66-49-51-68(52-50-66)74-42-26-36-67-35-23-24-40-73(67)74)61(7)32-25-31-60(6)72-41-27-43-76-78(72)75-55-53-69(65-33-19-16-20-34-65)57-77(75)80(76)71-38-21-17-22-39-71/h8-11,15-57,59H,7,12-14H2,1-6H3/b11-8-,18-15-,29-9-,32-25-,54-44-,56-28+,58-30+,60-31+,64-37+,70-10+. The van der Waals surface area contributed by atoms with Crippen LogP contribution in [0.15, 0.2) is 303 Å². The van der Waals surface area contributed by atoms with Crippen molar-refractivity contribution in [1.82, 2.24) is 9.47 Å². The molecule has 0 radical (unpaired) electrons. The highest BCUT2D eigenvalue weighted by molar-refractivity contribution is 6.14. The van der Waals surface area contributed by atoms with Crippen molar-refractivity contribution in [3.05, 3.63) is 326 Å². The Balaban J connectivity index is 1.01. The predicted molar refractivity (Wildman–Crippen MR) is 351 cm³/mol. The van der Waals surface area contributed by atoms with Crippen LogP contribution in [-0.4, -0.2) is 9.47 Å². The Morgan fingerprint density at radius 1 is 0.550 bits per heavy atom. The second-order valence-corrected chi connectivity index (χ2v) is 20.4. The Labute approximate surface area is 476 Å². The number of allylic oxidation sites excluding steroid dienone is 18. The zero-order valence-electron chi connectivity index (χ0n) is 47.4. The molecule has 80 heavy (non-hydrogen) atoms. The van der Waals surface area contributed by atoms with Gasteiger partial charge in [0.25, 0.3) is 0 Å². The molecule has 2 nitrogen and oxygen atoms in total. The molecule has 0 saturated heterocycles. The fraction of sp³-hybridized carbons (Fsp3) is 0.128. The van der Waals surface area contributed by atoms with Crippen molar-refractivity contribution in [2.24, 2.45) is 0 Å². The molecule has 0 amide bonds. The lowest BCUT2D eigenvalue weighted by atomic mass is 9.96. The van der Waals surface area contributed by atoms with Gasteiger partial charge in [0.05, 0.1) is 11.0 Å². The van der Waals surface area contributed by atoms with Crippen molar-refractivity contribution in [2.45, 2.75) is 66.7 Å². The van der Waals surface area contributed by atoms with Crippen LogP contribution in [0.3, 0.4) is 0 Å². The molecule has 8 aromatic carbocycles. The monoisotopic (exact) mass is 1040 g/mol. The topological polar surface area (TPSA) is 8.17 Å². The molecule has 1 unspecified atom stereocenters. The van der Waals surface area contributed by atoms with Crippen LogP contribution in [0.25, 0.3) is 77.2 Å². The molecule has 9 aromatic rings. The van der Waals surface area contributed by atoms with Gasteiger partial charge in [0, 0.05) is 34.1 Å². The Kier molecular flexibility index (Phi) is 19.0. The van der Waals surface area contributed by atoms with E-state index in [0.717, 1.165) is 46.6 Å². The molecule has 0 bridgehead atoms. The van der Waals surface area contributed by atoms with E-state index in [1.165, 1.54) is 83.5 Å². The third-order valence-corrected chi connectivity index (χ3v) is 14.9. The van der Waals surface area contributed by atoms with Gasteiger partial charge in [-0.3, -0.25) is 0 Å². The Bertz CT molecular complexity index is 3890. The summed E-state index contributed by atoms with van der Waals surface area (Å²) in [6.07, 6.45) is 38.3. The number of fused-ring (bicyclic) bond motifs is 4. The van der Waals surface area contributed by atoms with Crippen LogP contribution in [0.4, 0.5) is 0 Å². The number of hydrogen-bond donors (Lipinski definition) is 0. The molecule has 9 rings (SSSR count). The Morgan fingerprint density at radius 3 is 2.00 bits per heavy atom. The second kappa shape index (κ2) is 27.4. The highest BCUT2D eigenvalue weighted by Gasteiger charge is 2.17. The molecule has 0 spiro atoms. The van der Waals surface area contributed by atoms with Crippen LogP contribution in [-0.2, 0) is 0 Å². The summed E-state index contributed by atoms with van der Waals surface area (Å²) in [5.74, 6) is 0.180. The van der Waals surface area contributed by atoms with E-state index in [0.29, 0.717) is 0 Å². The SMILES string of the molecule is C=C(/C=C\C=C(/C)c1cccc2c1c1ccc(-c3ccccc3)cc1n2-c1ccccc1)N(/C=C/C=C(\C=C/C)c1ccc(-c2cccc3ccccc23)cc1)C(/C=C\C(C)c1ccc(/C(C)=C/C=C\CCC/C=C\C)cc1)=C/C. The molecule has 2 heteroatoms. The largest absolute Gasteiger partial charge is 0.318 e. The van der Waals surface area contributed by atoms with Crippen molar-refractivity contribution in [1.29, 1.82) is 0 Å². The van der Waals surface area contributed by atoms with E-state index in [1.807, 2.05) is 0 Å². The Morgan fingerprint density at radius 2 is 1.24 bits per heavy atom. The van der Waals surface area contributed by atoms with Crippen molar-refractivity contribution in [3.8, 4) is 27.9 Å². The molecule has 0 N–H and O–H groups in total. The fourth-order valence-electron chi connectivity index (χ4n) is 10.5. The summed E-state index contributed by atoms with van der Waals surface area (Å²) >= 11 is 0. The van der Waals surface area contributed by atoms with Crippen LogP contribution in [0.2, 0.25) is 0 Å². The minimum Gasteiger partial charge on any atom is -0.318 e. The van der Waals surface area contributed by atoms with E-state index < -0.39 is 0 Å². The lowest BCUT2D eigenvalue weighted by Gasteiger charge is -2.22. The number of nitrogens with zero attached hydrogens (tertiary/aromatic N) is 2. The first kappa shape index (κ1) is 55.5. The average molecular weight is 1040 g/mol. The number of aromatic nitrogens is 1. The summed E-state index contributed by atoms with van der Waals surface area (Å²) in [5.41, 5.74) is 18.5. The quantitative estimate of drug-likeness (QED) is 0.0396. The lowest BCUT2D eigenvalue weighted by Crippen LogP contribution is -2.13. The third-order valence-electron chi connectivity index (χ3n) is 14.9. The first-order valence-electron chi connectivity index (χ1n) is 28.3. The van der Waals surface area contributed by atoms with Crippen LogP contribution in [0, 0.1) is 0 Å². The van der Waals surface area contributed by atoms with Gasteiger partial charge in [0.2, 0.25) is 0 Å². The van der Waals surface area contributed by atoms with E-state index in [-0.39, 0.29) is 5.92 Å². The fourth-order valence-corrected chi connectivity index (χ4v) is 10.5. The first-order chi connectivity index (χ1) is 39.3. The molecule has 0 aliphatic heterocycles. The maximum Gasteiger partial charge on any atom is 0.0547 e. The normalized spacial score (nSPS) is 13.5. The van der Waals surface area contributed by atoms with Gasteiger partial charge in [-0.2, -0.15) is 0 Å². The molecule has 1 aromatic heterocycles. The van der Waals surface area contributed by atoms with Gasteiger partial charge in [-0.15, -0.1) is 0 Å². The molecular formula is C78H74N2. The molecular weight excluding hydrogens is 965 g/mol. The third kappa shape index (κ3) is 13.4. The van der Waals surface area contributed by atoms with E-state index in [2.05, 4.69) is 336 Å². The van der Waals surface area contributed by atoms with Gasteiger partial charge in [-0.25, -0.2) is 0 Å². The van der Waals surface area contributed by atoms with Crippen molar-refractivity contribution >= 4 is 49.3 Å². The second-order valence-electron chi connectivity index (χ2n) is 20.4. The van der Waals surface area contributed by atoms with E-state index >= 15 is 0 Å². The number of benzene rings is 8. The number of unbranched alkanes of at least 4 members (excludes halogenated alkanes) is 2. The molecule has 1 heterocycles. The predicted octanol–water partition coefficient (Wildman–Crippen LogP) is 22.2. The summed E-state index contributed by atoms with van der Waals surface area (Å²) < 4.78 is 2.41. The van der Waals surface area contributed by atoms with E-state index in [4.69, 9.17) is 6.58 Å². The summed E-state index contributed by atoms with van der Waals surface area (Å²) in [7, 11) is 0. The van der Waals surface area contributed by atoms with E-state index in [9.17, 15) is 0 Å². The summed E-state index contributed by atoms with van der Waals surface area (Å²) in [6.45, 7) is 17.6. The highest BCUT2D eigenvalue weighted by Crippen LogP contribution is 2.39. The maximum atomic E-state index is 4.69. The van der Waals surface area contributed by atoms with Gasteiger partial charge in [0.15, 0.2) is 0 Å². The van der Waals surface area contributed by atoms with Gasteiger partial charge in [0.1, 0.15) is 0 Å². The molecule has 0 aliphatic carbocycles. The zero-order valence-corrected chi connectivity index (χ0v) is 47.4. The van der Waals surface area contributed by atoms with Crippen LogP contribution in [0.1, 0.15) is 89.0 Å². The summed E-state index contributed by atoms with van der Waals surface area (Å²) in [6, 6.07) is 68.0. The minimum absolute atomic E-state index is 0.180. The van der Waals surface area contributed by atoms with Crippen molar-refractivity contribution in [3.63, 3.8) is 0 Å². The number of rotatable bonds is 21. The van der Waals surface area contributed by atoms with Gasteiger partial charge < -0.3 is 9.47 Å². The Hall–Kier alpha value is -9.24. The molecule has 396 valence electrons. The summed E-state index contributed by atoms with van der Waals surface area (Å²) in [5, 5.41) is 4.96. The first-order valence-corrected chi connectivity index (χ1v) is 28.3. The van der Waals surface area contributed by atoms with Gasteiger partial charge in [-0.05, 0) is 174 Å². The summed E-state index contributed by atoms with van der Waals surface area (Å²) in [4.78, 5) is 2.18. The highest BCUT2D eigenvalue weighted by atomic mass is 15.1. The zero-order chi connectivity index (χ0) is 55.6. The molecule has 0 fully saturated rings. The molecule has 0 aliphatic rings. The molecule has 1 atom stereocenters.